The first-order valence-corrected chi connectivity index (χ1v) is 5.26. The number of esters is 1. The van der Waals surface area contributed by atoms with Crippen LogP contribution in [0.2, 0.25) is 0 Å². The number of rotatable bonds is 5. The third-order valence-electron chi connectivity index (χ3n) is 2.26. The Labute approximate surface area is 105 Å². The van der Waals surface area contributed by atoms with Crippen molar-refractivity contribution in [1.29, 1.82) is 0 Å². The fourth-order valence-corrected chi connectivity index (χ4v) is 1.28. The largest absolute Gasteiger partial charge is 0.497 e. The average Bonchev–Trinajstić information content (AvgIpc) is 2.43. The standard InChI is InChI=1S/C12H15NO5/c1-17-9-5-3-4-8(6-9)11(15)13-7-10(14)12(16)18-2/h3-6,10,14H,7H2,1-2H3,(H,13,15). The first-order chi connectivity index (χ1) is 8.58. The number of carbonyl (C=O) groups is 2. The van der Waals surface area contributed by atoms with Gasteiger partial charge in [0.15, 0.2) is 6.10 Å². The number of ether oxygens (including phenoxy) is 2. The van der Waals surface area contributed by atoms with Crippen LogP contribution in [0.5, 0.6) is 5.75 Å². The van der Waals surface area contributed by atoms with Gasteiger partial charge < -0.3 is 19.9 Å². The van der Waals surface area contributed by atoms with Crippen molar-refractivity contribution >= 4 is 11.9 Å². The maximum Gasteiger partial charge on any atom is 0.336 e. The lowest BCUT2D eigenvalue weighted by molar-refractivity contribution is -0.149. The van der Waals surface area contributed by atoms with Gasteiger partial charge in [-0.05, 0) is 18.2 Å². The average molecular weight is 253 g/mol. The van der Waals surface area contributed by atoms with Crippen molar-refractivity contribution in [2.45, 2.75) is 6.10 Å². The molecule has 1 rings (SSSR count). The predicted molar refractivity (Wildman–Crippen MR) is 63.4 cm³/mol. The summed E-state index contributed by atoms with van der Waals surface area (Å²) in [7, 11) is 2.66. The van der Waals surface area contributed by atoms with Crippen molar-refractivity contribution in [3.8, 4) is 5.75 Å². The minimum atomic E-state index is -1.37. The molecule has 0 bridgehead atoms. The van der Waals surface area contributed by atoms with Crippen LogP contribution in [-0.2, 0) is 9.53 Å². The summed E-state index contributed by atoms with van der Waals surface area (Å²) in [5, 5.41) is 11.7. The van der Waals surface area contributed by atoms with Crippen molar-refractivity contribution < 1.29 is 24.2 Å². The minimum absolute atomic E-state index is 0.206. The van der Waals surface area contributed by atoms with E-state index in [1.165, 1.54) is 7.11 Å². The highest BCUT2D eigenvalue weighted by molar-refractivity contribution is 5.94. The summed E-state index contributed by atoms with van der Waals surface area (Å²) in [4.78, 5) is 22.6. The lowest BCUT2D eigenvalue weighted by Crippen LogP contribution is -2.37. The molecule has 18 heavy (non-hydrogen) atoms. The summed E-state index contributed by atoms with van der Waals surface area (Å²) in [6.07, 6.45) is -1.37. The molecule has 0 saturated heterocycles. The maximum atomic E-state index is 11.7. The molecule has 0 aliphatic rings. The van der Waals surface area contributed by atoms with Crippen molar-refractivity contribution in [1.82, 2.24) is 5.32 Å². The van der Waals surface area contributed by atoms with Gasteiger partial charge in [-0.1, -0.05) is 6.07 Å². The summed E-state index contributed by atoms with van der Waals surface area (Å²) in [6, 6.07) is 6.53. The number of aliphatic hydroxyl groups is 1. The smallest absolute Gasteiger partial charge is 0.336 e. The molecule has 6 heteroatoms. The van der Waals surface area contributed by atoms with Crippen LogP contribution in [0.25, 0.3) is 0 Å². The highest BCUT2D eigenvalue weighted by Gasteiger charge is 2.16. The van der Waals surface area contributed by atoms with Crippen LogP contribution in [0.15, 0.2) is 24.3 Å². The Hall–Kier alpha value is -2.08. The zero-order valence-corrected chi connectivity index (χ0v) is 10.2. The van der Waals surface area contributed by atoms with E-state index >= 15 is 0 Å². The van der Waals surface area contributed by atoms with Gasteiger partial charge in [-0.2, -0.15) is 0 Å². The van der Waals surface area contributed by atoms with Gasteiger partial charge in [0.1, 0.15) is 5.75 Å². The molecule has 98 valence electrons. The van der Waals surface area contributed by atoms with Crippen molar-refractivity contribution in [3.05, 3.63) is 29.8 Å². The van der Waals surface area contributed by atoms with Gasteiger partial charge in [0.2, 0.25) is 0 Å². The number of benzene rings is 1. The zero-order valence-electron chi connectivity index (χ0n) is 10.2. The predicted octanol–water partition coefficient (Wildman–Crippen LogP) is -0.0411. The molecule has 0 fully saturated rings. The number of hydrogen-bond acceptors (Lipinski definition) is 5. The van der Waals surface area contributed by atoms with Crippen molar-refractivity contribution in [2.75, 3.05) is 20.8 Å². The summed E-state index contributed by atoms with van der Waals surface area (Å²) in [6.45, 7) is -0.206. The van der Waals surface area contributed by atoms with Crippen LogP contribution in [0, 0.1) is 0 Å². The van der Waals surface area contributed by atoms with Gasteiger partial charge in [-0.3, -0.25) is 4.79 Å². The van der Waals surface area contributed by atoms with E-state index in [4.69, 9.17) is 4.74 Å². The number of carbonyl (C=O) groups excluding carboxylic acids is 2. The van der Waals surface area contributed by atoms with E-state index < -0.39 is 18.0 Å². The Bertz CT molecular complexity index is 432. The highest BCUT2D eigenvalue weighted by Crippen LogP contribution is 2.12. The second kappa shape index (κ2) is 6.61. The Balaban J connectivity index is 2.57. The monoisotopic (exact) mass is 253 g/mol. The Morgan fingerprint density at radius 3 is 2.72 bits per heavy atom. The number of amides is 1. The van der Waals surface area contributed by atoms with Crippen LogP contribution in [0.1, 0.15) is 10.4 Å². The van der Waals surface area contributed by atoms with E-state index in [0.29, 0.717) is 11.3 Å². The molecule has 6 nitrogen and oxygen atoms in total. The molecule has 0 radical (unpaired) electrons. The normalized spacial score (nSPS) is 11.5. The lowest BCUT2D eigenvalue weighted by atomic mass is 10.2. The highest BCUT2D eigenvalue weighted by atomic mass is 16.5. The fourth-order valence-electron chi connectivity index (χ4n) is 1.28. The quantitative estimate of drug-likeness (QED) is 0.719. The van der Waals surface area contributed by atoms with E-state index in [-0.39, 0.29) is 6.54 Å². The van der Waals surface area contributed by atoms with Crippen molar-refractivity contribution in [3.63, 3.8) is 0 Å². The Morgan fingerprint density at radius 1 is 1.39 bits per heavy atom. The van der Waals surface area contributed by atoms with Gasteiger partial charge >= 0.3 is 5.97 Å². The van der Waals surface area contributed by atoms with Crippen LogP contribution in [-0.4, -0.2) is 43.9 Å². The summed E-state index contributed by atoms with van der Waals surface area (Å²) in [5.41, 5.74) is 0.381. The van der Waals surface area contributed by atoms with Crippen LogP contribution in [0.3, 0.4) is 0 Å². The molecule has 0 aliphatic carbocycles. The van der Waals surface area contributed by atoms with Gasteiger partial charge in [0.25, 0.3) is 5.91 Å². The molecule has 1 atom stereocenters. The summed E-state index contributed by atoms with van der Waals surface area (Å²) < 4.78 is 9.31. The molecular weight excluding hydrogens is 238 g/mol. The molecule has 2 N–H and O–H groups in total. The van der Waals surface area contributed by atoms with E-state index in [2.05, 4.69) is 10.1 Å². The molecule has 0 spiro atoms. The van der Waals surface area contributed by atoms with E-state index in [0.717, 1.165) is 7.11 Å². The summed E-state index contributed by atoms with van der Waals surface area (Å²) in [5.74, 6) is -0.644. The van der Waals surface area contributed by atoms with Gasteiger partial charge in [0, 0.05) is 5.56 Å². The molecule has 1 aromatic carbocycles. The third kappa shape index (κ3) is 3.74. The summed E-state index contributed by atoms with van der Waals surface area (Å²) >= 11 is 0. The second-order valence-electron chi connectivity index (χ2n) is 3.48. The maximum absolute atomic E-state index is 11.7. The molecule has 1 unspecified atom stereocenters. The van der Waals surface area contributed by atoms with Gasteiger partial charge in [-0.25, -0.2) is 4.79 Å². The number of nitrogens with one attached hydrogen (secondary N) is 1. The van der Waals surface area contributed by atoms with E-state index in [9.17, 15) is 14.7 Å². The molecule has 0 aromatic heterocycles. The first kappa shape index (κ1) is 14.0. The fraction of sp³-hybridized carbons (Fsp3) is 0.333. The van der Waals surface area contributed by atoms with Gasteiger partial charge in [-0.15, -0.1) is 0 Å². The molecular formula is C12H15NO5. The number of hydrogen-bond donors (Lipinski definition) is 2. The number of methoxy groups -OCH3 is 2. The topological polar surface area (TPSA) is 84.9 Å². The Morgan fingerprint density at radius 2 is 2.11 bits per heavy atom. The first-order valence-electron chi connectivity index (χ1n) is 5.26. The minimum Gasteiger partial charge on any atom is -0.497 e. The second-order valence-corrected chi connectivity index (χ2v) is 3.48. The lowest BCUT2D eigenvalue weighted by Gasteiger charge is -2.10. The third-order valence-corrected chi connectivity index (χ3v) is 2.26. The molecule has 0 saturated carbocycles. The Kier molecular flexibility index (Phi) is 5.13. The SMILES string of the molecule is COC(=O)C(O)CNC(=O)c1cccc(OC)c1. The zero-order chi connectivity index (χ0) is 13.5. The molecule has 1 amide bonds. The van der Waals surface area contributed by atoms with Gasteiger partial charge in [0.05, 0.1) is 20.8 Å². The van der Waals surface area contributed by atoms with E-state index in [1.807, 2.05) is 0 Å². The van der Waals surface area contributed by atoms with Crippen molar-refractivity contribution in [2.24, 2.45) is 0 Å². The molecule has 0 aliphatic heterocycles. The van der Waals surface area contributed by atoms with E-state index in [1.54, 1.807) is 24.3 Å². The number of aliphatic hydroxyl groups excluding tert-OH is 1. The van der Waals surface area contributed by atoms with Crippen LogP contribution < -0.4 is 10.1 Å². The van der Waals surface area contributed by atoms with Crippen LogP contribution >= 0.6 is 0 Å². The molecule has 1 aromatic rings. The van der Waals surface area contributed by atoms with Crippen LogP contribution in [0.4, 0.5) is 0 Å². The molecule has 0 heterocycles.